The minimum Gasteiger partial charge on any atom is -0.497 e. The quantitative estimate of drug-likeness (QED) is 0.930. The average molecular weight is 337 g/mol. The predicted octanol–water partition coefficient (Wildman–Crippen LogP) is 3.05. The maximum Gasteiger partial charge on any atom is 0.248 e. The topological polar surface area (TPSA) is 74.4 Å². The van der Waals surface area contributed by atoms with Crippen LogP contribution in [-0.4, -0.2) is 18.0 Å². The Morgan fingerprint density at radius 3 is 2.55 bits per heavy atom. The largest absolute Gasteiger partial charge is 0.497 e. The molecule has 20 heavy (non-hydrogen) atoms. The maximum atomic E-state index is 11.3. The van der Waals surface area contributed by atoms with Crippen LogP contribution in [0.4, 0.5) is 0 Å². The molecule has 2 aromatic rings. The van der Waals surface area contributed by atoms with Gasteiger partial charge < -0.3 is 15.2 Å². The van der Waals surface area contributed by atoms with Crippen LogP contribution in [0, 0.1) is 6.92 Å². The van der Waals surface area contributed by atoms with Crippen molar-refractivity contribution in [3.63, 3.8) is 0 Å². The molecule has 2 rings (SSSR count). The zero-order chi connectivity index (χ0) is 14.7. The van der Waals surface area contributed by atoms with E-state index in [-0.39, 0.29) is 0 Å². The summed E-state index contributed by atoms with van der Waals surface area (Å²) in [5.74, 6) is 0.806. The van der Waals surface area contributed by atoms with Gasteiger partial charge in [-0.25, -0.2) is 4.98 Å². The highest BCUT2D eigenvalue weighted by Gasteiger charge is 2.08. The van der Waals surface area contributed by atoms with Crippen LogP contribution in [0.3, 0.4) is 0 Å². The average Bonchev–Trinajstić information content (AvgIpc) is 2.42. The van der Waals surface area contributed by atoms with Crippen molar-refractivity contribution in [3.8, 4) is 17.4 Å². The van der Waals surface area contributed by atoms with Gasteiger partial charge >= 0.3 is 0 Å². The van der Waals surface area contributed by atoms with Crippen molar-refractivity contribution in [2.75, 3.05) is 7.11 Å². The summed E-state index contributed by atoms with van der Waals surface area (Å²) in [7, 11) is 1.51. The van der Waals surface area contributed by atoms with Gasteiger partial charge in [-0.1, -0.05) is 0 Å². The summed E-state index contributed by atoms with van der Waals surface area (Å²) < 4.78 is 11.6. The molecule has 0 aliphatic rings. The zero-order valence-corrected chi connectivity index (χ0v) is 12.6. The lowest BCUT2D eigenvalue weighted by molar-refractivity contribution is 0.0999. The number of aryl methyl sites for hydroxylation is 1. The first kappa shape index (κ1) is 14.3. The predicted molar refractivity (Wildman–Crippen MR) is 78.3 cm³/mol. The van der Waals surface area contributed by atoms with E-state index in [1.165, 1.54) is 7.11 Å². The molecule has 104 valence electrons. The summed E-state index contributed by atoms with van der Waals surface area (Å²) in [5.41, 5.74) is 6.39. The number of pyridine rings is 1. The fourth-order valence-corrected chi connectivity index (χ4v) is 1.81. The molecule has 0 fully saturated rings. The molecule has 0 radical (unpaired) electrons. The van der Waals surface area contributed by atoms with Gasteiger partial charge in [-0.05, 0) is 41.1 Å². The van der Waals surface area contributed by atoms with E-state index >= 15 is 0 Å². The smallest absolute Gasteiger partial charge is 0.248 e. The first-order chi connectivity index (χ1) is 9.49. The van der Waals surface area contributed by atoms with Crippen molar-refractivity contribution >= 4 is 21.8 Å². The number of hydrogen-bond donors (Lipinski definition) is 1. The second-order valence-corrected chi connectivity index (χ2v) is 4.93. The number of ether oxygens (including phenoxy) is 2. The Labute approximate surface area is 124 Å². The van der Waals surface area contributed by atoms with E-state index < -0.39 is 5.91 Å². The Balaban J connectivity index is 2.34. The molecular formula is C14H13BrN2O3. The Bertz CT molecular complexity index is 659. The zero-order valence-electron chi connectivity index (χ0n) is 11.0. The molecule has 0 unspecified atom stereocenters. The van der Waals surface area contributed by atoms with Gasteiger partial charge in [0, 0.05) is 22.2 Å². The molecule has 0 bridgehead atoms. The van der Waals surface area contributed by atoms with Gasteiger partial charge in [-0.2, -0.15) is 0 Å². The molecule has 0 saturated carbocycles. The number of nitrogens with two attached hydrogens (primary N) is 1. The lowest BCUT2D eigenvalue weighted by Crippen LogP contribution is -2.11. The van der Waals surface area contributed by atoms with Crippen LogP contribution >= 0.6 is 15.9 Å². The number of halogens is 1. The third kappa shape index (κ3) is 3.27. The highest BCUT2D eigenvalue weighted by atomic mass is 79.9. The molecule has 1 heterocycles. The highest BCUT2D eigenvalue weighted by Crippen LogP contribution is 2.27. The maximum absolute atomic E-state index is 11.3. The number of hydrogen-bond acceptors (Lipinski definition) is 4. The molecule has 6 heteroatoms. The van der Waals surface area contributed by atoms with Crippen molar-refractivity contribution in [3.05, 3.63) is 46.1 Å². The van der Waals surface area contributed by atoms with E-state index in [4.69, 9.17) is 15.2 Å². The van der Waals surface area contributed by atoms with E-state index in [0.717, 1.165) is 10.2 Å². The molecule has 0 aliphatic heterocycles. The minimum absolute atomic E-state index is 0.313. The Morgan fingerprint density at radius 1 is 1.25 bits per heavy atom. The second kappa shape index (κ2) is 5.92. The Hall–Kier alpha value is -2.08. The van der Waals surface area contributed by atoms with Crippen molar-refractivity contribution < 1.29 is 14.3 Å². The summed E-state index contributed by atoms with van der Waals surface area (Å²) >= 11 is 3.37. The number of nitrogens with zero attached hydrogens (tertiary/aromatic N) is 1. The van der Waals surface area contributed by atoms with E-state index in [9.17, 15) is 4.79 Å². The summed E-state index contributed by atoms with van der Waals surface area (Å²) in [4.78, 5) is 15.5. The van der Waals surface area contributed by atoms with E-state index in [1.807, 2.05) is 13.0 Å². The molecular weight excluding hydrogens is 324 g/mol. The normalized spacial score (nSPS) is 10.2. The third-order valence-electron chi connectivity index (χ3n) is 2.62. The van der Waals surface area contributed by atoms with Crippen LogP contribution in [0.2, 0.25) is 0 Å². The Kier molecular flexibility index (Phi) is 4.24. The molecule has 1 amide bonds. The molecule has 0 aliphatic carbocycles. The highest BCUT2D eigenvalue weighted by molar-refractivity contribution is 9.10. The molecule has 5 nitrogen and oxygen atoms in total. The van der Waals surface area contributed by atoms with Crippen molar-refractivity contribution in [2.24, 2.45) is 5.73 Å². The summed E-state index contributed by atoms with van der Waals surface area (Å²) in [6.07, 6.45) is 0. The fraction of sp³-hybridized carbons (Fsp3) is 0.143. The van der Waals surface area contributed by atoms with Gasteiger partial charge in [-0.3, -0.25) is 4.79 Å². The molecule has 1 aromatic carbocycles. The molecule has 1 aromatic heterocycles. The third-order valence-corrected chi connectivity index (χ3v) is 3.46. The lowest BCUT2D eigenvalue weighted by Gasteiger charge is -2.09. The molecule has 2 N–H and O–H groups in total. The molecule has 0 saturated heterocycles. The Morgan fingerprint density at radius 2 is 1.95 bits per heavy atom. The fourth-order valence-electron chi connectivity index (χ4n) is 1.59. The van der Waals surface area contributed by atoms with Crippen LogP contribution in [0.15, 0.2) is 34.8 Å². The number of primary amides is 1. The summed E-state index contributed by atoms with van der Waals surface area (Å²) in [6, 6.07) is 8.32. The van der Waals surface area contributed by atoms with Gasteiger partial charge in [0.1, 0.15) is 11.5 Å². The lowest BCUT2D eigenvalue weighted by atomic mass is 10.2. The van der Waals surface area contributed by atoms with Crippen molar-refractivity contribution in [1.82, 2.24) is 4.98 Å². The van der Waals surface area contributed by atoms with Crippen molar-refractivity contribution in [2.45, 2.75) is 6.92 Å². The van der Waals surface area contributed by atoms with E-state index in [2.05, 4.69) is 20.9 Å². The summed E-state index contributed by atoms with van der Waals surface area (Å²) in [5, 5.41) is 0. The van der Waals surface area contributed by atoms with Gasteiger partial charge in [0.15, 0.2) is 0 Å². The number of carbonyl (C=O) groups is 1. The van der Waals surface area contributed by atoms with Gasteiger partial charge in [0.05, 0.1) is 12.8 Å². The second-order valence-electron chi connectivity index (χ2n) is 4.08. The molecule has 0 atom stereocenters. The van der Waals surface area contributed by atoms with E-state index in [0.29, 0.717) is 22.9 Å². The number of benzene rings is 1. The van der Waals surface area contributed by atoms with E-state index in [1.54, 1.807) is 24.3 Å². The van der Waals surface area contributed by atoms with Crippen LogP contribution in [0.1, 0.15) is 16.1 Å². The minimum atomic E-state index is -0.548. The number of aromatic nitrogens is 1. The van der Waals surface area contributed by atoms with Crippen LogP contribution in [0.25, 0.3) is 0 Å². The number of amides is 1. The van der Waals surface area contributed by atoms with Gasteiger partial charge in [0.25, 0.3) is 0 Å². The molecule has 0 spiro atoms. The van der Waals surface area contributed by atoms with Gasteiger partial charge in [-0.15, -0.1) is 0 Å². The standard InChI is InChI=1S/C14H13BrN2O3/c1-8-12(15)3-4-13(17-8)20-11-6-9(14(16)18)5-10(7-11)19-2/h3-7H,1-2H3,(H2,16,18). The number of methoxy groups -OCH3 is 1. The van der Waals surface area contributed by atoms with Crippen molar-refractivity contribution in [1.29, 1.82) is 0 Å². The van der Waals surface area contributed by atoms with Crippen LogP contribution < -0.4 is 15.2 Å². The number of rotatable bonds is 4. The SMILES string of the molecule is COc1cc(Oc2ccc(Br)c(C)n2)cc(C(N)=O)c1. The summed E-state index contributed by atoms with van der Waals surface area (Å²) in [6.45, 7) is 1.86. The van der Waals surface area contributed by atoms with Crippen LogP contribution in [0.5, 0.6) is 17.4 Å². The van der Waals surface area contributed by atoms with Crippen LogP contribution in [-0.2, 0) is 0 Å². The first-order valence-electron chi connectivity index (χ1n) is 5.79. The monoisotopic (exact) mass is 336 g/mol. The number of carbonyl (C=O) groups excluding carboxylic acids is 1. The first-order valence-corrected chi connectivity index (χ1v) is 6.59. The van der Waals surface area contributed by atoms with Gasteiger partial charge in [0.2, 0.25) is 11.8 Å².